The van der Waals surface area contributed by atoms with Gasteiger partial charge in [0.25, 0.3) is 11.8 Å². The number of β-lactam (4-membered cyclic amide) rings is 1. The van der Waals surface area contributed by atoms with E-state index in [2.05, 4.69) is 5.43 Å². The van der Waals surface area contributed by atoms with E-state index in [0.717, 1.165) is 21.5 Å². The van der Waals surface area contributed by atoms with Gasteiger partial charge in [0, 0.05) is 17.5 Å². The number of halogens is 1. The molecule has 2 unspecified atom stereocenters. The number of rotatable bonds is 6. The molecule has 2 aromatic carbocycles. The fraction of sp³-hybridized carbons (Fsp3) is 0.125. The largest absolute Gasteiger partial charge is 0.484 e. The smallest absolute Gasteiger partial charge is 0.336 e. The standard InChI is InChI=1S/C24H17ClN2O6/c25-22-23(18-7-4-10-31-18)27(24(22)30)26-20(28)13-32-15-8-9-16-17(14-5-2-1-3-6-14)12-21(29)33-19(16)11-15/h1-12,22-23H,13H2,(H,26,28). The van der Waals surface area contributed by atoms with Crippen LogP contribution in [-0.2, 0) is 9.59 Å². The van der Waals surface area contributed by atoms with Gasteiger partial charge >= 0.3 is 5.63 Å². The zero-order valence-corrected chi connectivity index (χ0v) is 17.8. The number of carbonyl (C=O) groups is 2. The Morgan fingerprint density at radius 2 is 1.88 bits per heavy atom. The molecule has 1 saturated heterocycles. The summed E-state index contributed by atoms with van der Waals surface area (Å²) in [5, 5.41) is 1.03. The third-order valence-electron chi connectivity index (χ3n) is 5.28. The zero-order valence-electron chi connectivity index (χ0n) is 17.1. The van der Waals surface area contributed by atoms with Gasteiger partial charge in [-0.2, -0.15) is 0 Å². The molecule has 3 heterocycles. The predicted octanol–water partition coefficient (Wildman–Crippen LogP) is 3.65. The third-order valence-corrected chi connectivity index (χ3v) is 5.70. The fourth-order valence-electron chi connectivity index (χ4n) is 3.71. The van der Waals surface area contributed by atoms with Gasteiger partial charge in [-0.1, -0.05) is 30.3 Å². The molecule has 0 radical (unpaired) electrons. The molecule has 5 rings (SSSR count). The van der Waals surface area contributed by atoms with Gasteiger partial charge < -0.3 is 13.6 Å². The molecule has 0 spiro atoms. The van der Waals surface area contributed by atoms with Crippen molar-refractivity contribution >= 4 is 34.4 Å². The van der Waals surface area contributed by atoms with Crippen molar-refractivity contribution in [2.45, 2.75) is 11.4 Å². The molecule has 0 aliphatic carbocycles. The quantitative estimate of drug-likeness (QED) is 0.265. The van der Waals surface area contributed by atoms with Crippen LogP contribution in [0.25, 0.3) is 22.1 Å². The number of alkyl halides is 1. The minimum Gasteiger partial charge on any atom is -0.484 e. The second-order valence-electron chi connectivity index (χ2n) is 7.40. The Balaban J connectivity index is 1.29. The van der Waals surface area contributed by atoms with Crippen molar-refractivity contribution in [2.24, 2.45) is 0 Å². The summed E-state index contributed by atoms with van der Waals surface area (Å²) in [6, 6.07) is 18.7. The maximum Gasteiger partial charge on any atom is 0.336 e. The van der Waals surface area contributed by atoms with Gasteiger partial charge in [0.05, 0.1) is 6.26 Å². The first-order valence-corrected chi connectivity index (χ1v) is 10.5. The molecule has 1 fully saturated rings. The van der Waals surface area contributed by atoms with E-state index in [1.807, 2.05) is 30.3 Å². The zero-order chi connectivity index (χ0) is 22.9. The number of nitrogens with one attached hydrogen (secondary N) is 1. The molecule has 1 aliphatic heterocycles. The highest BCUT2D eigenvalue weighted by atomic mass is 35.5. The van der Waals surface area contributed by atoms with Gasteiger partial charge in [-0.05, 0) is 35.4 Å². The first kappa shape index (κ1) is 20.8. The molecular weight excluding hydrogens is 448 g/mol. The molecule has 1 N–H and O–H groups in total. The average Bonchev–Trinajstić information content (AvgIpc) is 3.36. The first-order chi connectivity index (χ1) is 16.0. The number of furan rings is 1. The predicted molar refractivity (Wildman–Crippen MR) is 119 cm³/mol. The summed E-state index contributed by atoms with van der Waals surface area (Å²) in [4.78, 5) is 36.5. The Labute approximate surface area is 192 Å². The summed E-state index contributed by atoms with van der Waals surface area (Å²) in [5.41, 5.74) is 3.94. The molecule has 166 valence electrons. The normalized spacial score (nSPS) is 17.6. The second-order valence-corrected chi connectivity index (χ2v) is 7.87. The number of hydrogen-bond acceptors (Lipinski definition) is 6. The Kier molecular flexibility index (Phi) is 5.35. The van der Waals surface area contributed by atoms with E-state index in [0.29, 0.717) is 17.1 Å². The van der Waals surface area contributed by atoms with Gasteiger partial charge in [0.2, 0.25) is 0 Å². The van der Waals surface area contributed by atoms with Crippen LogP contribution in [0, 0.1) is 0 Å². The van der Waals surface area contributed by atoms with Crippen molar-refractivity contribution in [1.29, 1.82) is 0 Å². The molecule has 8 nitrogen and oxygen atoms in total. The number of amides is 2. The lowest BCUT2D eigenvalue weighted by Gasteiger charge is -2.42. The van der Waals surface area contributed by atoms with Gasteiger partial charge in [-0.3, -0.25) is 15.0 Å². The van der Waals surface area contributed by atoms with Crippen LogP contribution in [0.1, 0.15) is 11.8 Å². The van der Waals surface area contributed by atoms with E-state index in [1.54, 1.807) is 30.3 Å². The lowest BCUT2D eigenvalue weighted by Crippen LogP contribution is -2.63. The van der Waals surface area contributed by atoms with Crippen LogP contribution in [0.4, 0.5) is 0 Å². The maximum atomic E-state index is 12.4. The second kappa shape index (κ2) is 8.48. The Hall–Kier alpha value is -4.04. The van der Waals surface area contributed by atoms with Crippen molar-refractivity contribution in [2.75, 3.05) is 6.61 Å². The van der Waals surface area contributed by atoms with Gasteiger partial charge in [-0.25, -0.2) is 9.80 Å². The Bertz CT molecular complexity index is 1380. The number of nitrogens with zero attached hydrogens (tertiary/aromatic N) is 1. The van der Waals surface area contributed by atoms with Crippen LogP contribution in [0.2, 0.25) is 0 Å². The van der Waals surface area contributed by atoms with Crippen molar-refractivity contribution in [1.82, 2.24) is 10.4 Å². The number of hydrogen-bond donors (Lipinski definition) is 1. The van der Waals surface area contributed by atoms with Gasteiger partial charge in [0.1, 0.15) is 28.5 Å². The molecule has 9 heteroatoms. The van der Waals surface area contributed by atoms with E-state index >= 15 is 0 Å². The summed E-state index contributed by atoms with van der Waals surface area (Å²) in [5.74, 6) is -0.191. The van der Waals surface area contributed by atoms with E-state index in [-0.39, 0.29) is 6.61 Å². The van der Waals surface area contributed by atoms with Crippen LogP contribution in [0.5, 0.6) is 5.75 Å². The third kappa shape index (κ3) is 3.96. The minimum absolute atomic E-state index is 0.332. The molecular formula is C24H17ClN2O6. The maximum absolute atomic E-state index is 12.4. The summed E-state index contributed by atoms with van der Waals surface area (Å²) < 4.78 is 16.2. The first-order valence-electron chi connectivity index (χ1n) is 10.1. The number of carbonyl (C=O) groups excluding carboxylic acids is 2. The lowest BCUT2D eigenvalue weighted by atomic mass is 10.0. The molecule has 2 amide bonds. The summed E-state index contributed by atoms with van der Waals surface area (Å²) in [6.07, 6.45) is 1.46. The van der Waals surface area contributed by atoms with Crippen molar-refractivity contribution < 1.29 is 23.2 Å². The fourth-order valence-corrected chi connectivity index (χ4v) is 4.06. The number of ether oxygens (including phenoxy) is 1. The minimum atomic E-state index is -0.820. The number of fused-ring (bicyclic) bond motifs is 1. The topological polar surface area (TPSA) is 102 Å². The summed E-state index contributed by atoms with van der Waals surface area (Å²) in [7, 11) is 0. The Morgan fingerprint density at radius 3 is 2.64 bits per heavy atom. The van der Waals surface area contributed by atoms with Crippen LogP contribution in [0.3, 0.4) is 0 Å². The number of hydrazine groups is 1. The van der Waals surface area contributed by atoms with Crippen LogP contribution >= 0.6 is 11.6 Å². The van der Waals surface area contributed by atoms with Crippen molar-refractivity contribution in [3.8, 4) is 16.9 Å². The summed E-state index contributed by atoms with van der Waals surface area (Å²) >= 11 is 6.06. The highest BCUT2D eigenvalue weighted by Crippen LogP contribution is 2.37. The lowest BCUT2D eigenvalue weighted by molar-refractivity contribution is -0.158. The Morgan fingerprint density at radius 1 is 1.06 bits per heavy atom. The SMILES string of the molecule is O=C(COc1ccc2c(-c3ccccc3)cc(=O)oc2c1)NN1C(=O)C(Cl)C1c1ccco1. The molecule has 0 bridgehead atoms. The molecule has 2 atom stereocenters. The molecule has 1 aliphatic rings. The molecule has 0 saturated carbocycles. The van der Waals surface area contributed by atoms with Crippen LogP contribution in [0.15, 0.2) is 86.6 Å². The van der Waals surface area contributed by atoms with E-state index < -0.39 is 28.9 Å². The van der Waals surface area contributed by atoms with Crippen LogP contribution in [-0.4, -0.2) is 28.8 Å². The van der Waals surface area contributed by atoms with E-state index in [4.69, 9.17) is 25.2 Å². The van der Waals surface area contributed by atoms with Gasteiger partial charge in [0.15, 0.2) is 6.61 Å². The summed E-state index contributed by atoms with van der Waals surface area (Å²) in [6.45, 7) is -0.365. The van der Waals surface area contributed by atoms with Crippen molar-refractivity contribution in [3.05, 3.63) is 89.2 Å². The van der Waals surface area contributed by atoms with Gasteiger partial charge in [-0.15, -0.1) is 11.6 Å². The average molecular weight is 465 g/mol. The highest BCUT2D eigenvalue weighted by molar-refractivity contribution is 6.33. The number of benzene rings is 2. The van der Waals surface area contributed by atoms with Crippen LogP contribution < -0.4 is 15.8 Å². The monoisotopic (exact) mass is 464 g/mol. The molecule has 4 aromatic rings. The van der Waals surface area contributed by atoms with E-state index in [1.165, 1.54) is 12.3 Å². The van der Waals surface area contributed by atoms with Crippen molar-refractivity contribution in [3.63, 3.8) is 0 Å². The molecule has 33 heavy (non-hydrogen) atoms. The highest BCUT2D eigenvalue weighted by Gasteiger charge is 2.50. The molecule has 2 aromatic heterocycles. The van der Waals surface area contributed by atoms with E-state index in [9.17, 15) is 14.4 Å².